The van der Waals surface area contributed by atoms with Crippen LogP contribution in [0.4, 0.5) is 51.8 Å². The van der Waals surface area contributed by atoms with E-state index < -0.39 is 14.8 Å². The minimum Gasteiger partial charge on any atom is -0.399 e. The predicted molar refractivity (Wildman–Crippen MR) is 425 cm³/mol. The molecular weight excluding hydrogens is 1500 g/mol. The average molecular weight is 1590 g/mol. The molecule has 0 atom stereocenters. The number of nitrogen functional groups attached to an aromatic ring is 1. The van der Waals surface area contributed by atoms with Crippen LogP contribution in [0.15, 0.2) is 121 Å². The van der Waals surface area contributed by atoms with E-state index in [1.807, 2.05) is 77.9 Å². The number of ether oxygens (including phenoxy) is 8. The summed E-state index contributed by atoms with van der Waals surface area (Å²) in [5.74, 6) is 5.97. The van der Waals surface area contributed by atoms with Gasteiger partial charge < -0.3 is 80.0 Å². The fraction of sp³-hybridized carbons (Fsp3) is 0.467. The molecule has 7 N–H and O–H groups in total. The Balaban J connectivity index is 0.000000149. The molecule has 0 spiro atoms. The van der Waals surface area contributed by atoms with Crippen molar-refractivity contribution >= 4 is 86.6 Å². The Morgan fingerprint density at radius 3 is 0.883 bits per heavy atom. The quantitative estimate of drug-likeness (QED) is 0.0292. The molecular formula is C75H94Cl3N19O14. The van der Waals surface area contributed by atoms with Crippen molar-refractivity contribution in [2.45, 2.75) is 122 Å². The maximum atomic E-state index is 10.9. The van der Waals surface area contributed by atoms with Gasteiger partial charge in [0.1, 0.15) is 44.5 Å². The van der Waals surface area contributed by atoms with Crippen LogP contribution in [0.1, 0.15) is 55.4 Å². The van der Waals surface area contributed by atoms with Gasteiger partial charge in [0.05, 0.1) is 169 Å². The Hall–Kier alpha value is -9.33. The lowest BCUT2D eigenvalue weighted by Crippen LogP contribution is -2.60. The van der Waals surface area contributed by atoms with Crippen LogP contribution >= 0.6 is 34.8 Å². The maximum absolute atomic E-state index is 10.9. The summed E-state index contributed by atoms with van der Waals surface area (Å²) < 4.78 is 44.6. The number of non-ortho nitro benzene ring substituents is 3. The zero-order valence-electron chi connectivity index (χ0n) is 63.0. The normalized spacial score (nSPS) is 21.2. The summed E-state index contributed by atoms with van der Waals surface area (Å²) in [7, 11) is 0. The van der Waals surface area contributed by atoms with E-state index in [9.17, 15) is 30.3 Å². The molecule has 33 nitrogen and oxygen atoms in total. The molecule has 8 aliphatic heterocycles. The number of rotatable bonds is 14. The second-order valence-electron chi connectivity index (χ2n) is 27.5. The third-order valence-corrected chi connectivity index (χ3v) is 18.0. The van der Waals surface area contributed by atoms with Gasteiger partial charge in [-0.25, -0.2) is 39.9 Å². The molecule has 36 heteroatoms. The third kappa shape index (κ3) is 23.9. The Bertz CT molecular complexity index is 4230. The van der Waals surface area contributed by atoms with E-state index >= 15 is 0 Å². The Labute approximate surface area is 658 Å². The molecule has 0 radical (unpaired) electrons. The van der Waals surface area contributed by atoms with Crippen LogP contribution in [0.25, 0.3) is 45.6 Å². The molecule has 594 valence electrons. The number of hydrogen-bond donors (Lipinski definition) is 5. The van der Waals surface area contributed by atoms with Crippen LogP contribution in [0.3, 0.4) is 0 Å². The minimum atomic E-state index is -0.477. The van der Waals surface area contributed by atoms with Crippen molar-refractivity contribution < 1.29 is 52.7 Å². The Kier molecular flexibility index (Phi) is 30.9. The van der Waals surface area contributed by atoms with Crippen LogP contribution in [0.5, 0.6) is 0 Å². The molecule has 12 heterocycles. The van der Waals surface area contributed by atoms with E-state index in [0.29, 0.717) is 137 Å². The van der Waals surface area contributed by atoms with Gasteiger partial charge in [0.25, 0.3) is 17.1 Å². The van der Waals surface area contributed by atoms with E-state index in [-0.39, 0.29) is 75.7 Å². The summed E-state index contributed by atoms with van der Waals surface area (Å²) in [5, 5.41) is 43.1. The Morgan fingerprint density at radius 2 is 0.622 bits per heavy atom. The number of nitro groups is 3. The lowest BCUT2D eigenvalue weighted by molar-refractivity contribution is -0.385. The highest BCUT2D eigenvalue weighted by Crippen LogP contribution is 2.35. The van der Waals surface area contributed by atoms with Crippen molar-refractivity contribution in [3.8, 4) is 45.6 Å². The first-order chi connectivity index (χ1) is 53.5. The van der Waals surface area contributed by atoms with Crippen LogP contribution in [0.2, 0.25) is 15.5 Å². The van der Waals surface area contributed by atoms with Gasteiger partial charge in [0.2, 0.25) is 0 Å². The number of nitrogens with one attached hydrogen (secondary N) is 3. The van der Waals surface area contributed by atoms with Gasteiger partial charge in [-0.05, 0) is 94.4 Å². The molecule has 0 unspecified atom stereocenters. The first-order valence-corrected chi connectivity index (χ1v) is 37.8. The van der Waals surface area contributed by atoms with Crippen LogP contribution in [-0.4, -0.2) is 227 Å². The summed E-state index contributed by atoms with van der Waals surface area (Å²) in [6.45, 7) is 26.8. The van der Waals surface area contributed by atoms with E-state index in [2.05, 4.69) is 69.4 Å². The van der Waals surface area contributed by atoms with Crippen LogP contribution < -0.4 is 42.1 Å². The number of anilines is 6. The first kappa shape index (κ1) is 84.1. The minimum absolute atomic E-state index is 0.00174. The zero-order valence-corrected chi connectivity index (χ0v) is 65.2. The van der Waals surface area contributed by atoms with Gasteiger partial charge in [-0.1, -0.05) is 62.5 Å². The van der Waals surface area contributed by atoms with Crippen molar-refractivity contribution in [2.24, 2.45) is 5.73 Å². The van der Waals surface area contributed by atoms with Crippen molar-refractivity contribution in [3.63, 3.8) is 0 Å². The lowest BCUT2D eigenvalue weighted by Gasteiger charge is -2.46. The van der Waals surface area contributed by atoms with E-state index in [1.54, 1.807) is 42.5 Å². The number of halogens is 3. The maximum Gasteiger partial charge on any atom is 0.269 e. The second kappa shape index (κ2) is 40.7. The van der Waals surface area contributed by atoms with E-state index in [0.717, 1.165) is 72.3 Å². The highest BCUT2D eigenvalue weighted by Gasteiger charge is 2.40. The summed E-state index contributed by atoms with van der Waals surface area (Å²) >= 11 is 17.7. The SMILES string of the molecule is C1OCC2COCC1N2.CC.CC(C)N.CC(C)Nc1cc(N2C3COCC2COC3)nc(-c2ccc(N)cc2)n1.CC(C)Nc1cc(N2C3COCC2COC3)nc(-c2ccc([N+](=O)[O-])cc2)n1.O=[N+]([O-])c1ccc(-c2nc(Cl)cc(Cl)n2)cc1.O=[N+]([O-])c1ccc(-c2nc(Cl)cc(N3C4COCC3COC4)n2)cc1. The van der Waals surface area contributed by atoms with Crippen molar-refractivity contribution in [1.29, 1.82) is 0 Å². The van der Waals surface area contributed by atoms with Gasteiger partial charge in [-0.15, -0.1) is 0 Å². The number of nitro benzene ring substituents is 3. The second-order valence-corrected chi connectivity index (χ2v) is 28.6. The molecule has 4 aromatic heterocycles. The predicted octanol–water partition coefficient (Wildman–Crippen LogP) is 11.0. The first-order valence-electron chi connectivity index (χ1n) is 36.6. The summed E-state index contributed by atoms with van der Waals surface area (Å²) in [4.78, 5) is 73.5. The standard InChI is InChI=1S/C19H23N5O4.C19H25N5O2.C16H15ClN4O4.C10H5Cl2N3O2.C6H11NO2.C3H9N.C2H6/c1-12(2)20-17-7-18(23-15-8-27-10-16(23)11-28-9-15)22-19(21-17)13-3-5-14(6-4-13)24(25)26;1-12(2)21-17-7-18(24-15-8-25-10-16(24)11-26-9-15)23-19(22-17)13-3-5-14(20)6-4-13;17-14-5-15(20-12-6-24-8-13(20)9-25-7-12)19-16(18-14)10-1-3-11(4-2-10)21(22)23;11-8-5-9(12)14-10(13-8)6-1-3-7(4-2-6)15(16)17;1-5-2-9-4-6(7-5)3-8-1;1-3(2)4;1-2/h3-7,12,15-16H,8-11H2,1-2H3,(H,20,21,22);3-7,12,15-16H,8-11,20H2,1-2H3,(H,21,22,23);1-5,12-13H,6-9H2;1-5H;5-7H,1-4H2;3H,4H2,1-2H3;1-2H3. The summed E-state index contributed by atoms with van der Waals surface area (Å²) in [6.07, 6.45) is 0. The fourth-order valence-corrected chi connectivity index (χ4v) is 13.4. The molecule has 8 fully saturated rings. The van der Waals surface area contributed by atoms with Gasteiger partial charge >= 0.3 is 0 Å². The van der Waals surface area contributed by atoms with Gasteiger partial charge in [0, 0.05) is 101 Å². The number of fused-ring (bicyclic) bond motifs is 8. The molecule has 16 rings (SSSR count). The smallest absolute Gasteiger partial charge is 0.269 e. The number of hydrogen-bond acceptors (Lipinski definition) is 30. The lowest BCUT2D eigenvalue weighted by atomic mass is 10.1. The highest BCUT2D eigenvalue weighted by atomic mass is 35.5. The van der Waals surface area contributed by atoms with Crippen molar-refractivity contribution in [3.05, 3.63) is 167 Å². The van der Waals surface area contributed by atoms with Crippen molar-refractivity contribution in [2.75, 3.05) is 137 Å². The van der Waals surface area contributed by atoms with Gasteiger partial charge in [-0.2, -0.15) is 0 Å². The summed E-state index contributed by atoms with van der Waals surface area (Å²) in [6, 6.07) is 35.5. The molecule has 0 aliphatic carbocycles. The number of benzene rings is 4. The monoisotopic (exact) mass is 1590 g/mol. The van der Waals surface area contributed by atoms with Crippen LogP contribution in [-0.2, 0) is 37.9 Å². The zero-order chi connectivity index (χ0) is 79.3. The van der Waals surface area contributed by atoms with Gasteiger partial charge in [-0.3, -0.25) is 30.3 Å². The van der Waals surface area contributed by atoms with Gasteiger partial charge in [0.15, 0.2) is 23.3 Å². The molecule has 4 aromatic carbocycles. The molecule has 8 saturated heterocycles. The fourth-order valence-electron chi connectivity index (χ4n) is 12.8. The summed E-state index contributed by atoms with van der Waals surface area (Å²) in [5.41, 5.74) is 14.7. The number of nitrogens with two attached hydrogens (primary N) is 2. The Morgan fingerprint density at radius 1 is 0.387 bits per heavy atom. The van der Waals surface area contributed by atoms with Crippen LogP contribution in [0, 0.1) is 30.3 Å². The number of aromatic nitrogens is 8. The molecule has 8 aliphatic rings. The number of morpholine rings is 8. The van der Waals surface area contributed by atoms with Crippen molar-refractivity contribution in [1.82, 2.24) is 45.2 Å². The largest absolute Gasteiger partial charge is 0.399 e. The van der Waals surface area contributed by atoms with E-state index in [4.69, 9.17) is 99.1 Å². The van der Waals surface area contributed by atoms with E-state index in [1.165, 1.54) is 42.5 Å². The average Bonchev–Trinajstić information content (AvgIpc) is 0.789. The molecule has 8 aromatic rings. The molecule has 0 amide bonds. The topological polar surface area (TPSA) is 404 Å². The molecule has 0 saturated carbocycles. The molecule has 8 bridgehead atoms. The molecule has 111 heavy (non-hydrogen) atoms. The number of nitrogens with zero attached hydrogens (tertiary/aromatic N) is 14. The highest BCUT2D eigenvalue weighted by molar-refractivity contribution is 6.33. The third-order valence-electron chi connectivity index (χ3n) is 17.4.